The van der Waals surface area contributed by atoms with Gasteiger partial charge in [-0.05, 0) is 38.0 Å². The van der Waals surface area contributed by atoms with Crippen LogP contribution >= 0.6 is 0 Å². The number of benzene rings is 1. The molecule has 1 unspecified atom stereocenters. The summed E-state index contributed by atoms with van der Waals surface area (Å²) in [5.74, 6) is 0. The Morgan fingerprint density at radius 1 is 1.33 bits per heavy atom. The van der Waals surface area contributed by atoms with Gasteiger partial charge in [0, 0.05) is 31.4 Å². The lowest BCUT2D eigenvalue weighted by Crippen LogP contribution is -2.49. The highest BCUT2D eigenvalue weighted by Gasteiger charge is 2.17. The van der Waals surface area contributed by atoms with Gasteiger partial charge < -0.3 is 10.2 Å². The lowest BCUT2D eigenvalue weighted by atomic mass is 10.1. The van der Waals surface area contributed by atoms with E-state index in [4.69, 9.17) is 0 Å². The fraction of sp³-hybridized carbons (Fsp3) is 0.538. The number of rotatable bonds is 1. The van der Waals surface area contributed by atoms with Crippen LogP contribution in [-0.4, -0.2) is 25.7 Å². The van der Waals surface area contributed by atoms with Crippen molar-refractivity contribution in [3.05, 3.63) is 29.3 Å². The number of nitrogens with one attached hydrogen (secondary N) is 1. The van der Waals surface area contributed by atoms with Crippen molar-refractivity contribution >= 4 is 5.69 Å². The molecule has 2 nitrogen and oxygen atoms in total. The van der Waals surface area contributed by atoms with Crippen molar-refractivity contribution in [3.8, 4) is 0 Å². The van der Waals surface area contributed by atoms with Gasteiger partial charge in [0.1, 0.15) is 0 Å². The third-order valence-corrected chi connectivity index (χ3v) is 3.29. The van der Waals surface area contributed by atoms with E-state index in [1.54, 1.807) is 0 Å². The van der Waals surface area contributed by atoms with Crippen molar-refractivity contribution in [2.75, 3.05) is 24.5 Å². The fourth-order valence-corrected chi connectivity index (χ4v) is 2.23. The maximum absolute atomic E-state index is 3.47. The van der Waals surface area contributed by atoms with E-state index in [9.17, 15) is 0 Å². The van der Waals surface area contributed by atoms with Crippen LogP contribution in [0.5, 0.6) is 0 Å². The van der Waals surface area contributed by atoms with Crippen LogP contribution in [0.4, 0.5) is 5.69 Å². The second-order valence-electron chi connectivity index (χ2n) is 4.52. The first kappa shape index (κ1) is 10.5. The van der Waals surface area contributed by atoms with Crippen LogP contribution in [0.25, 0.3) is 0 Å². The van der Waals surface area contributed by atoms with E-state index >= 15 is 0 Å². The van der Waals surface area contributed by atoms with Crippen molar-refractivity contribution < 1.29 is 0 Å². The number of hydrogen-bond donors (Lipinski definition) is 1. The van der Waals surface area contributed by atoms with Crippen molar-refractivity contribution in [1.82, 2.24) is 5.32 Å². The monoisotopic (exact) mass is 204 g/mol. The third-order valence-electron chi connectivity index (χ3n) is 3.29. The van der Waals surface area contributed by atoms with E-state index in [0.717, 1.165) is 19.6 Å². The van der Waals surface area contributed by atoms with Crippen LogP contribution < -0.4 is 10.2 Å². The minimum absolute atomic E-state index is 0.596. The lowest BCUT2D eigenvalue weighted by molar-refractivity contribution is 0.484. The summed E-state index contributed by atoms with van der Waals surface area (Å²) in [5.41, 5.74) is 4.22. The standard InChI is InChI=1S/C13H20N2/c1-10-5-4-6-13(12(10)3)15-8-7-14-11(2)9-15/h4-6,11,14H,7-9H2,1-3H3. The normalized spacial score (nSPS) is 21.8. The molecule has 0 aliphatic carbocycles. The summed E-state index contributed by atoms with van der Waals surface area (Å²) in [7, 11) is 0. The van der Waals surface area contributed by atoms with Crippen LogP contribution in [0.3, 0.4) is 0 Å². The average Bonchev–Trinajstić information content (AvgIpc) is 2.22. The molecule has 1 aromatic rings. The quantitative estimate of drug-likeness (QED) is 0.753. The van der Waals surface area contributed by atoms with Gasteiger partial charge in [0.05, 0.1) is 0 Å². The van der Waals surface area contributed by atoms with Gasteiger partial charge in [-0.3, -0.25) is 0 Å². The molecule has 0 spiro atoms. The Kier molecular flexibility index (Phi) is 2.96. The maximum Gasteiger partial charge on any atom is 0.0399 e. The van der Waals surface area contributed by atoms with Crippen LogP contribution in [0.2, 0.25) is 0 Å². The lowest BCUT2D eigenvalue weighted by Gasteiger charge is -2.34. The molecular formula is C13H20N2. The number of piperazine rings is 1. The molecule has 2 rings (SSSR count). The Hall–Kier alpha value is -1.02. The predicted octanol–water partition coefficient (Wildman–Crippen LogP) is 2.10. The molecule has 1 saturated heterocycles. The number of hydrogen-bond acceptors (Lipinski definition) is 2. The average molecular weight is 204 g/mol. The fourth-order valence-electron chi connectivity index (χ4n) is 2.23. The van der Waals surface area contributed by atoms with E-state index in [1.165, 1.54) is 16.8 Å². The topological polar surface area (TPSA) is 15.3 Å². The van der Waals surface area contributed by atoms with Crippen LogP contribution in [-0.2, 0) is 0 Å². The zero-order valence-electron chi connectivity index (χ0n) is 9.88. The molecular weight excluding hydrogens is 184 g/mol. The molecule has 1 aromatic carbocycles. The molecule has 15 heavy (non-hydrogen) atoms. The Balaban J connectivity index is 2.24. The summed E-state index contributed by atoms with van der Waals surface area (Å²) in [6.45, 7) is 9.98. The molecule has 1 heterocycles. The van der Waals surface area contributed by atoms with E-state index in [2.05, 4.69) is 49.2 Å². The van der Waals surface area contributed by atoms with Crippen molar-refractivity contribution in [2.24, 2.45) is 0 Å². The SMILES string of the molecule is Cc1cccc(N2CCNC(C)C2)c1C. The van der Waals surface area contributed by atoms with Gasteiger partial charge >= 0.3 is 0 Å². The van der Waals surface area contributed by atoms with E-state index in [1.807, 2.05) is 0 Å². The Bertz CT molecular complexity index is 346. The predicted molar refractivity (Wildman–Crippen MR) is 65.6 cm³/mol. The van der Waals surface area contributed by atoms with Crippen molar-refractivity contribution in [2.45, 2.75) is 26.8 Å². The highest BCUT2D eigenvalue weighted by molar-refractivity contribution is 5.56. The number of nitrogens with zero attached hydrogens (tertiary/aromatic N) is 1. The molecule has 0 amide bonds. The summed E-state index contributed by atoms with van der Waals surface area (Å²) < 4.78 is 0. The zero-order valence-corrected chi connectivity index (χ0v) is 9.88. The molecule has 0 bridgehead atoms. The van der Waals surface area contributed by atoms with Gasteiger partial charge in [0.25, 0.3) is 0 Å². The van der Waals surface area contributed by atoms with Gasteiger partial charge in [-0.25, -0.2) is 0 Å². The van der Waals surface area contributed by atoms with E-state index < -0.39 is 0 Å². The molecule has 82 valence electrons. The highest BCUT2D eigenvalue weighted by Crippen LogP contribution is 2.23. The van der Waals surface area contributed by atoms with E-state index in [-0.39, 0.29) is 0 Å². The van der Waals surface area contributed by atoms with Crippen LogP contribution in [0.15, 0.2) is 18.2 Å². The molecule has 1 atom stereocenters. The molecule has 1 aliphatic rings. The summed E-state index contributed by atoms with van der Waals surface area (Å²) in [4.78, 5) is 2.49. The van der Waals surface area contributed by atoms with Gasteiger partial charge in [-0.2, -0.15) is 0 Å². The number of aryl methyl sites for hydroxylation is 1. The Morgan fingerprint density at radius 2 is 2.13 bits per heavy atom. The molecule has 0 radical (unpaired) electrons. The minimum Gasteiger partial charge on any atom is -0.368 e. The Morgan fingerprint density at radius 3 is 2.87 bits per heavy atom. The second-order valence-corrected chi connectivity index (χ2v) is 4.52. The second kappa shape index (κ2) is 4.23. The third kappa shape index (κ3) is 2.15. The van der Waals surface area contributed by atoms with Crippen molar-refractivity contribution in [1.29, 1.82) is 0 Å². The highest BCUT2D eigenvalue weighted by atomic mass is 15.2. The summed E-state index contributed by atoms with van der Waals surface area (Å²) in [5, 5.41) is 3.47. The minimum atomic E-state index is 0.596. The van der Waals surface area contributed by atoms with Gasteiger partial charge in [-0.1, -0.05) is 12.1 Å². The molecule has 0 saturated carbocycles. The molecule has 1 aliphatic heterocycles. The van der Waals surface area contributed by atoms with Crippen LogP contribution in [0, 0.1) is 13.8 Å². The molecule has 0 aromatic heterocycles. The Labute approximate surface area is 92.3 Å². The maximum atomic E-state index is 3.47. The first-order valence-corrected chi connectivity index (χ1v) is 5.73. The van der Waals surface area contributed by atoms with Crippen molar-refractivity contribution in [3.63, 3.8) is 0 Å². The smallest absolute Gasteiger partial charge is 0.0399 e. The van der Waals surface area contributed by atoms with Gasteiger partial charge in [0.15, 0.2) is 0 Å². The summed E-state index contributed by atoms with van der Waals surface area (Å²) in [6, 6.07) is 7.17. The zero-order chi connectivity index (χ0) is 10.8. The number of anilines is 1. The first-order chi connectivity index (χ1) is 7.18. The van der Waals surface area contributed by atoms with Gasteiger partial charge in [-0.15, -0.1) is 0 Å². The first-order valence-electron chi connectivity index (χ1n) is 5.73. The molecule has 2 heteroatoms. The summed E-state index contributed by atoms with van der Waals surface area (Å²) >= 11 is 0. The summed E-state index contributed by atoms with van der Waals surface area (Å²) in [6.07, 6.45) is 0. The molecule has 1 N–H and O–H groups in total. The molecule has 1 fully saturated rings. The van der Waals surface area contributed by atoms with Crippen LogP contribution in [0.1, 0.15) is 18.1 Å². The largest absolute Gasteiger partial charge is 0.368 e. The van der Waals surface area contributed by atoms with E-state index in [0.29, 0.717) is 6.04 Å². The van der Waals surface area contributed by atoms with Gasteiger partial charge in [0.2, 0.25) is 0 Å².